The number of phenols is 1. The zero-order valence-electron chi connectivity index (χ0n) is 12.0. The Labute approximate surface area is 124 Å². The lowest BCUT2D eigenvalue weighted by Gasteiger charge is -2.21. The molecule has 2 aromatic carbocycles. The number of fused-ring (bicyclic) bond motifs is 1. The van der Waals surface area contributed by atoms with E-state index in [4.69, 9.17) is 9.47 Å². The van der Waals surface area contributed by atoms with E-state index in [1.54, 1.807) is 12.1 Å². The lowest BCUT2D eigenvalue weighted by atomic mass is 10.1. The van der Waals surface area contributed by atoms with Crippen LogP contribution in [0.3, 0.4) is 0 Å². The number of hydrogen-bond donors (Lipinski definition) is 2. The topological polar surface area (TPSA) is 50.7 Å². The van der Waals surface area contributed by atoms with Crippen LogP contribution in [-0.4, -0.2) is 18.3 Å². The van der Waals surface area contributed by atoms with Gasteiger partial charge < -0.3 is 19.9 Å². The molecule has 21 heavy (non-hydrogen) atoms. The molecule has 1 atom stereocenters. The molecule has 0 saturated carbocycles. The summed E-state index contributed by atoms with van der Waals surface area (Å²) in [6.07, 6.45) is 0. The minimum Gasteiger partial charge on any atom is -0.508 e. The summed E-state index contributed by atoms with van der Waals surface area (Å²) >= 11 is 0. The highest BCUT2D eigenvalue weighted by atomic mass is 16.6. The van der Waals surface area contributed by atoms with Gasteiger partial charge in [0.1, 0.15) is 19.0 Å². The summed E-state index contributed by atoms with van der Waals surface area (Å²) in [6, 6.07) is 13.5. The summed E-state index contributed by atoms with van der Waals surface area (Å²) in [5, 5.41) is 12.7. The van der Waals surface area contributed by atoms with Gasteiger partial charge in [-0.15, -0.1) is 0 Å². The van der Waals surface area contributed by atoms with Gasteiger partial charge in [0, 0.05) is 12.6 Å². The Bertz CT molecular complexity index is 610. The molecule has 1 aliphatic heterocycles. The first-order valence-electron chi connectivity index (χ1n) is 7.13. The molecule has 1 unspecified atom stereocenters. The van der Waals surface area contributed by atoms with Crippen molar-refractivity contribution in [2.45, 2.75) is 19.5 Å². The highest BCUT2D eigenvalue weighted by Gasteiger charge is 2.14. The number of benzene rings is 2. The van der Waals surface area contributed by atoms with Crippen molar-refractivity contribution in [2.75, 3.05) is 13.2 Å². The van der Waals surface area contributed by atoms with Crippen LogP contribution in [-0.2, 0) is 6.54 Å². The van der Waals surface area contributed by atoms with Crippen molar-refractivity contribution in [2.24, 2.45) is 0 Å². The number of rotatable bonds is 4. The molecule has 3 rings (SSSR count). The van der Waals surface area contributed by atoms with E-state index in [0.717, 1.165) is 29.2 Å². The second-order valence-electron chi connectivity index (χ2n) is 5.17. The van der Waals surface area contributed by atoms with Crippen molar-refractivity contribution in [3.63, 3.8) is 0 Å². The van der Waals surface area contributed by atoms with Gasteiger partial charge in [0.05, 0.1) is 0 Å². The van der Waals surface area contributed by atoms with Crippen LogP contribution >= 0.6 is 0 Å². The Balaban J connectivity index is 1.65. The van der Waals surface area contributed by atoms with Crippen molar-refractivity contribution in [3.05, 3.63) is 53.6 Å². The molecule has 0 aromatic heterocycles. The van der Waals surface area contributed by atoms with Gasteiger partial charge in [-0.25, -0.2) is 0 Å². The van der Waals surface area contributed by atoms with E-state index < -0.39 is 0 Å². The molecule has 4 nitrogen and oxygen atoms in total. The molecule has 0 aliphatic carbocycles. The number of hydrogen-bond acceptors (Lipinski definition) is 4. The largest absolute Gasteiger partial charge is 0.508 e. The van der Waals surface area contributed by atoms with Crippen molar-refractivity contribution < 1.29 is 14.6 Å². The van der Waals surface area contributed by atoms with Gasteiger partial charge in [0.25, 0.3) is 0 Å². The second-order valence-corrected chi connectivity index (χ2v) is 5.17. The molecular formula is C17H19NO3. The maximum Gasteiger partial charge on any atom is 0.161 e. The van der Waals surface area contributed by atoms with Crippen LogP contribution in [0.25, 0.3) is 0 Å². The summed E-state index contributed by atoms with van der Waals surface area (Å²) in [5.74, 6) is 1.92. The van der Waals surface area contributed by atoms with Crippen molar-refractivity contribution >= 4 is 0 Å². The van der Waals surface area contributed by atoms with Crippen LogP contribution in [0.15, 0.2) is 42.5 Å². The van der Waals surface area contributed by atoms with E-state index >= 15 is 0 Å². The molecule has 0 radical (unpaired) electrons. The number of phenolic OH excluding ortho intramolecular Hbond substituents is 1. The summed E-state index contributed by atoms with van der Waals surface area (Å²) < 4.78 is 11.1. The first-order chi connectivity index (χ1) is 10.2. The Morgan fingerprint density at radius 3 is 2.52 bits per heavy atom. The molecule has 0 spiro atoms. The maximum absolute atomic E-state index is 9.28. The van der Waals surface area contributed by atoms with Gasteiger partial charge >= 0.3 is 0 Å². The molecule has 1 aliphatic rings. The molecule has 110 valence electrons. The first-order valence-corrected chi connectivity index (χ1v) is 7.13. The number of aromatic hydroxyl groups is 1. The fourth-order valence-corrected chi connectivity index (χ4v) is 2.33. The van der Waals surface area contributed by atoms with E-state index in [1.165, 1.54) is 0 Å². The molecule has 4 heteroatoms. The Hall–Kier alpha value is -2.20. The molecule has 0 bridgehead atoms. The minimum absolute atomic E-state index is 0.203. The van der Waals surface area contributed by atoms with Crippen LogP contribution in [0.2, 0.25) is 0 Å². The smallest absolute Gasteiger partial charge is 0.161 e. The number of nitrogens with one attached hydrogen (secondary N) is 1. The van der Waals surface area contributed by atoms with Gasteiger partial charge in [-0.2, -0.15) is 0 Å². The SMILES string of the molecule is CC(NCc1ccc(O)cc1)c1ccc2c(c1)OCCO2. The van der Waals surface area contributed by atoms with E-state index in [2.05, 4.69) is 18.3 Å². The molecular weight excluding hydrogens is 266 g/mol. The first kappa shape index (κ1) is 13.8. The maximum atomic E-state index is 9.28. The van der Waals surface area contributed by atoms with E-state index in [9.17, 15) is 5.11 Å². The average molecular weight is 285 g/mol. The summed E-state index contributed by atoms with van der Waals surface area (Å²) in [5.41, 5.74) is 2.30. The zero-order valence-corrected chi connectivity index (χ0v) is 12.0. The third-order valence-corrected chi connectivity index (χ3v) is 3.61. The van der Waals surface area contributed by atoms with Crippen LogP contribution in [0, 0.1) is 0 Å². The van der Waals surface area contributed by atoms with Gasteiger partial charge in [-0.05, 0) is 42.3 Å². The van der Waals surface area contributed by atoms with Crippen LogP contribution < -0.4 is 14.8 Å². The summed E-state index contributed by atoms with van der Waals surface area (Å²) in [4.78, 5) is 0. The summed E-state index contributed by atoms with van der Waals surface area (Å²) in [7, 11) is 0. The minimum atomic E-state index is 0.203. The zero-order chi connectivity index (χ0) is 14.7. The van der Waals surface area contributed by atoms with Gasteiger partial charge in [-0.3, -0.25) is 0 Å². The monoisotopic (exact) mass is 285 g/mol. The van der Waals surface area contributed by atoms with E-state index in [0.29, 0.717) is 19.0 Å². The fraction of sp³-hybridized carbons (Fsp3) is 0.294. The molecule has 0 amide bonds. The second kappa shape index (κ2) is 6.06. The van der Waals surface area contributed by atoms with Gasteiger partial charge in [-0.1, -0.05) is 18.2 Å². The Morgan fingerprint density at radius 2 is 1.76 bits per heavy atom. The Kier molecular flexibility index (Phi) is 3.97. The third kappa shape index (κ3) is 3.28. The predicted octanol–water partition coefficient (Wildman–Crippen LogP) is 3.01. The lowest BCUT2D eigenvalue weighted by Crippen LogP contribution is -2.19. The standard InChI is InChI=1S/C17H19NO3/c1-12(18-11-13-2-5-15(19)6-3-13)14-4-7-16-17(10-14)21-9-8-20-16/h2-7,10,12,18-19H,8-9,11H2,1H3. The molecule has 2 aromatic rings. The normalized spacial score (nSPS) is 14.7. The lowest BCUT2D eigenvalue weighted by molar-refractivity contribution is 0.171. The van der Waals surface area contributed by atoms with Gasteiger partial charge in [0.2, 0.25) is 0 Å². The van der Waals surface area contributed by atoms with Crippen LogP contribution in [0.5, 0.6) is 17.2 Å². The predicted molar refractivity (Wildman–Crippen MR) is 80.8 cm³/mol. The summed E-state index contributed by atoms with van der Waals surface area (Å²) in [6.45, 7) is 4.08. The van der Waals surface area contributed by atoms with Crippen molar-refractivity contribution in [1.29, 1.82) is 0 Å². The third-order valence-electron chi connectivity index (χ3n) is 3.61. The van der Waals surface area contributed by atoms with Crippen molar-refractivity contribution in [1.82, 2.24) is 5.32 Å². The van der Waals surface area contributed by atoms with Crippen molar-refractivity contribution in [3.8, 4) is 17.2 Å². The molecule has 0 saturated heterocycles. The average Bonchev–Trinajstić information content (AvgIpc) is 2.53. The molecule has 2 N–H and O–H groups in total. The fourth-order valence-electron chi connectivity index (χ4n) is 2.33. The quantitative estimate of drug-likeness (QED) is 0.906. The van der Waals surface area contributed by atoms with Crippen LogP contribution in [0.1, 0.15) is 24.1 Å². The number of ether oxygens (including phenoxy) is 2. The Morgan fingerprint density at radius 1 is 1.05 bits per heavy atom. The van der Waals surface area contributed by atoms with Crippen LogP contribution in [0.4, 0.5) is 0 Å². The van der Waals surface area contributed by atoms with E-state index in [-0.39, 0.29) is 6.04 Å². The highest BCUT2D eigenvalue weighted by molar-refractivity contribution is 5.44. The molecule has 1 heterocycles. The highest BCUT2D eigenvalue weighted by Crippen LogP contribution is 2.32. The van der Waals surface area contributed by atoms with Gasteiger partial charge in [0.15, 0.2) is 11.5 Å². The molecule has 0 fully saturated rings. The van der Waals surface area contributed by atoms with E-state index in [1.807, 2.05) is 24.3 Å².